The molecular formula is C16H20N2O10S. The number of nitrogens with zero attached hydrogens (tertiary/aromatic N) is 2. The topological polar surface area (TPSA) is 179 Å². The SMILES string of the molecule is CC1(C)[C@H](C(=O)O)N2C(=O)C[C@H]2S1(=O)=O.O=C(O)[C@H]1/C(=C/CO)O[C@@H]2CC(=O)N21. The molecule has 0 unspecified atom stereocenters. The summed E-state index contributed by atoms with van der Waals surface area (Å²) in [6.45, 7) is 2.41. The van der Waals surface area contributed by atoms with Crippen LogP contribution < -0.4 is 0 Å². The number of carboxylic acid groups (broad SMARTS) is 2. The van der Waals surface area contributed by atoms with Crippen LogP contribution in [0.25, 0.3) is 0 Å². The van der Waals surface area contributed by atoms with E-state index in [9.17, 15) is 27.6 Å². The van der Waals surface area contributed by atoms with Crippen molar-refractivity contribution in [1.29, 1.82) is 0 Å². The molecule has 0 radical (unpaired) electrons. The van der Waals surface area contributed by atoms with Crippen molar-refractivity contribution in [2.24, 2.45) is 0 Å². The summed E-state index contributed by atoms with van der Waals surface area (Å²) >= 11 is 0. The summed E-state index contributed by atoms with van der Waals surface area (Å²) in [5.41, 5.74) is 0. The molecular weight excluding hydrogens is 412 g/mol. The molecule has 4 aliphatic rings. The van der Waals surface area contributed by atoms with Crippen LogP contribution in [0.3, 0.4) is 0 Å². The standard InChI is InChI=1S/C8H11NO5S.C8H9NO5/c1-8(2)6(7(11)12)9-4(10)3-5(9)15(8,13)14;10-2-1-4-7(8(12)13)9-5(11)3-6(9)14-4/h5-6H,3H2,1-2H3,(H,11,12);1,6-7,10H,2-3H2,(H,12,13)/b;4-1-/t5-,6+;6-,7-/m11/s1. The molecule has 29 heavy (non-hydrogen) atoms. The minimum Gasteiger partial charge on any atom is -0.480 e. The van der Waals surface area contributed by atoms with Crippen molar-refractivity contribution in [2.75, 3.05) is 6.61 Å². The van der Waals surface area contributed by atoms with E-state index in [-0.39, 0.29) is 31.1 Å². The van der Waals surface area contributed by atoms with Crippen LogP contribution in [0.4, 0.5) is 0 Å². The predicted molar refractivity (Wildman–Crippen MR) is 92.6 cm³/mol. The van der Waals surface area contributed by atoms with Crippen LogP contribution in [0.5, 0.6) is 0 Å². The van der Waals surface area contributed by atoms with Crippen molar-refractivity contribution in [2.45, 2.75) is 55.1 Å². The van der Waals surface area contributed by atoms with Crippen molar-refractivity contribution in [3.63, 3.8) is 0 Å². The first kappa shape index (κ1) is 21.0. The Bertz CT molecular complexity index is 924. The van der Waals surface area contributed by atoms with Gasteiger partial charge in [0.2, 0.25) is 11.8 Å². The van der Waals surface area contributed by atoms with Gasteiger partial charge in [-0.1, -0.05) is 0 Å². The van der Waals surface area contributed by atoms with Crippen LogP contribution in [0, 0.1) is 0 Å². The van der Waals surface area contributed by atoms with Crippen molar-refractivity contribution in [3.05, 3.63) is 11.8 Å². The van der Waals surface area contributed by atoms with E-state index in [1.807, 2.05) is 0 Å². The van der Waals surface area contributed by atoms with Crippen LogP contribution in [-0.4, -0.2) is 92.3 Å². The molecule has 2 amide bonds. The normalized spacial score (nSPS) is 34.2. The number of aliphatic carboxylic acids is 2. The number of aliphatic hydroxyl groups is 1. The van der Waals surface area contributed by atoms with Gasteiger partial charge < -0.3 is 25.0 Å². The highest BCUT2D eigenvalue weighted by molar-refractivity contribution is 7.93. The Labute approximate surface area is 165 Å². The number of amides is 2. The van der Waals surface area contributed by atoms with E-state index < -0.39 is 56.1 Å². The Kier molecular flexibility index (Phi) is 4.86. The highest BCUT2D eigenvalue weighted by Crippen LogP contribution is 2.45. The molecule has 13 heteroatoms. The number of rotatable bonds is 3. The summed E-state index contributed by atoms with van der Waals surface area (Å²) in [4.78, 5) is 46.2. The van der Waals surface area contributed by atoms with E-state index >= 15 is 0 Å². The van der Waals surface area contributed by atoms with Crippen molar-refractivity contribution < 1.29 is 47.7 Å². The summed E-state index contributed by atoms with van der Waals surface area (Å²) in [5.74, 6) is -2.89. The van der Waals surface area contributed by atoms with E-state index in [1.54, 1.807) is 0 Å². The summed E-state index contributed by atoms with van der Waals surface area (Å²) < 4.78 is 27.5. The van der Waals surface area contributed by atoms with Crippen LogP contribution >= 0.6 is 0 Å². The van der Waals surface area contributed by atoms with E-state index in [0.29, 0.717) is 0 Å². The van der Waals surface area contributed by atoms with Gasteiger partial charge in [0, 0.05) is 0 Å². The third-order valence-electron chi connectivity index (χ3n) is 5.50. The minimum absolute atomic E-state index is 0.0878. The highest BCUT2D eigenvalue weighted by atomic mass is 32.2. The van der Waals surface area contributed by atoms with Gasteiger partial charge in [0.25, 0.3) is 0 Å². The largest absolute Gasteiger partial charge is 0.480 e. The second-order valence-electron chi connectivity index (χ2n) is 7.46. The van der Waals surface area contributed by atoms with Crippen molar-refractivity contribution in [3.8, 4) is 0 Å². The zero-order valence-corrected chi connectivity index (χ0v) is 16.3. The minimum atomic E-state index is -3.57. The van der Waals surface area contributed by atoms with E-state index in [4.69, 9.17) is 20.1 Å². The Morgan fingerprint density at radius 2 is 1.72 bits per heavy atom. The molecule has 4 rings (SSSR count). The molecule has 4 aliphatic heterocycles. The number of carboxylic acids is 2. The number of aliphatic hydroxyl groups excluding tert-OH is 1. The number of ether oxygens (including phenoxy) is 1. The highest BCUT2D eigenvalue weighted by Gasteiger charge is 2.67. The van der Waals surface area contributed by atoms with Gasteiger partial charge in [0.1, 0.15) is 17.2 Å². The number of hydrogen-bond acceptors (Lipinski definition) is 8. The van der Waals surface area contributed by atoms with Crippen LogP contribution in [0.1, 0.15) is 26.7 Å². The molecule has 0 aromatic carbocycles. The molecule has 0 bridgehead atoms. The van der Waals surface area contributed by atoms with Gasteiger partial charge in [-0.25, -0.2) is 18.0 Å². The van der Waals surface area contributed by atoms with E-state index in [0.717, 1.165) is 4.90 Å². The van der Waals surface area contributed by atoms with E-state index in [2.05, 4.69) is 0 Å². The average molecular weight is 432 g/mol. The first-order chi connectivity index (χ1) is 13.4. The van der Waals surface area contributed by atoms with Crippen LogP contribution in [-0.2, 0) is 33.8 Å². The summed E-state index contributed by atoms with van der Waals surface area (Å²) in [7, 11) is -3.57. The lowest BCUT2D eigenvalue weighted by atomic mass is 9.98. The lowest BCUT2D eigenvalue weighted by Gasteiger charge is -2.35. The summed E-state index contributed by atoms with van der Waals surface area (Å²) in [5, 5.41) is 25.5. The van der Waals surface area contributed by atoms with E-state index in [1.165, 1.54) is 24.8 Å². The Hall–Kier alpha value is -2.67. The van der Waals surface area contributed by atoms with Crippen molar-refractivity contribution in [1.82, 2.24) is 9.80 Å². The zero-order chi connectivity index (χ0) is 21.9. The molecule has 3 N–H and O–H groups in total. The average Bonchev–Trinajstić information content (AvgIpc) is 2.95. The first-order valence-corrected chi connectivity index (χ1v) is 10.2. The lowest BCUT2D eigenvalue weighted by Crippen LogP contribution is -2.57. The van der Waals surface area contributed by atoms with Gasteiger partial charge in [-0.05, 0) is 19.9 Å². The zero-order valence-electron chi connectivity index (χ0n) is 15.5. The van der Waals surface area contributed by atoms with Crippen molar-refractivity contribution >= 4 is 33.6 Å². The van der Waals surface area contributed by atoms with Gasteiger partial charge in [-0.15, -0.1) is 0 Å². The van der Waals surface area contributed by atoms with Crippen LogP contribution in [0.15, 0.2) is 11.8 Å². The Morgan fingerprint density at radius 3 is 2.14 bits per heavy atom. The van der Waals surface area contributed by atoms with Gasteiger partial charge in [0.05, 0.1) is 24.2 Å². The molecule has 0 aromatic heterocycles. The fourth-order valence-corrected chi connectivity index (χ4v) is 6.01. The number of fused-ring (bicyclic) bond motifs is 2. The molecule has 4 saturated heterocycles. The molecule has 4 heterocycles. The number of sulfone groups is 1. The molecule has 12 nitrogen and oxygen atoms in total. The predicted octanol–water partition coefficient (Wildman–Crippen LogP) is -1.89. The Balaban J connectivity index is 0.000000166. The van der Waals surface area contributed by atoms with Crippen LogP contribution in [0.2, 0.25) is 0 Å². The maximum absolute atomic E-state index is 11.9. The number of carbonyl (C=O) groups excluding carboxylic acids is 2. The second kappa shape index (κ2) is 6.69. The monoisotopic (exact) mass is 432 g/mol. The second-order valence-corrected chi connectivity index (χ2v) is 10.1. The third kappa shape index (κ3) is 2.87. The first-order valence-electron chi connectivity index (χ1n) is 8.65. The summed E-state index contributed by atoms with van der Waals surface area (Å²) in [6, 6.07) is -2.32. The third-order valence-corrected chi connectivity index (χ3v) is 8.30. The molecule has 0 spiro atoms. The molecule has 160 valence electrons. The summed E-state index contributed by atoms with van der Waals surface area (Å²) in [6.07, 6.45) is 0.938. The van der Waals surface area contributed by atoms with Gasteiger partial charge in [0.15, 0.2) is 22.1 Å². The van der Waals surface area contributed by atoms with Gasteiger partial charge >= 0.3 is 11.9 Å². The number of carbonyl (C=O) groups is 4. The molecule has 0 aromatic rings. The van der Waals surface area contributed by atoms with Gasteiger partial charge in [-0.2, -0.15) is 0 Å². The maximum Gasteiger partial charge on any atom is 0.334 e. The number of β-lactam (4-membered cyclic amide) rings is 2. The number of hydrogen-bond donors (Lipinski definition) is 3. The quantitative estimate of drug-likeness (QED) is 0.427. The fourth-order valence-electron chi connectivity index (χ4n) is 3.89. The fraction of sp³-hybridized carbons (Fsp3) is 0.625. The molecule has 4 fully saturated rings. The van der Waals surface area contributed by atoms with Gasteiger partial charge in [-0.3, -0.25) is 14.5 Å². The maximum atomic E-state index is 11.9. The Morgan fingerprint density at radius 1 is 1.14 bits per heavy atom. The smallest absolute Gasteiger partial charge is 0.334 e. The lowest BCUT2D eigenvalue weighted by molar-refractivity contribution is -0.163. The molecule has 4 atom stereocenters. The molecule has 0 saturated carbocycles. The molecule has 0 aliphatic carbocycles.